The molecule has 0 aliphatic heterocycles. The van der Waals surface area contributed by atoms with Crippen LogP contribution in [0.3, 0.4) is 0 Å². The Bertz CT molecular complexity index is 1520. The van der Waals surface area contributed by atoms with Crippen LogP contribution in [0.25, 0.3) is 22.3 Å². The van der Waals surface area contributed by atoms with Gasteiger partial charge in [-0.05, 0) is 52.0 Å². The van der Waals surface area contributed by atoms with Gasteiger partial charge in [-0.25, -0.2) is 4.79 Å². The third-order valence-corrected chi connectivity index (χ3v) is 5.46. The summed E-state index contributed by atoms with van der Waals surface area (Å²) in [6, 6.07) is 13.2. The first kappa shape index (κ1) is 23.7. The molecule has 8 heteroatoms. The minimum Gasteiger partial charge on any atom is -0.462 e. The monoisotopic (exact) mass is 473 g/mol. The molecule has 0 saturated carbocycles. The third kappa shape index (κ3) is 4.63. The van der Waals surface area contributed by atoms with Crippen molar-refractivity contribution in [2.45, 2.75) is 27.7 Å². The Morgan fingerprint density at radius 1 is 0.943 bits per heavy atom. The summed E-state index contributed by atoms with van der Waals surface area (Å²) in [7, 11) is 0. The molecule has 2 aromatic carbocycles. The van der Waals surface area contributed by atoms with Crippen molar-refractivity contribution in [3.8, 4) is 11.3 Å². The van der Waals surface area contributed by atoms with Gasteiger partial charge in [-0.2, -0.15) is 0 Å². The first-order valence-corrected chi connectivity index (χ1v) is 11.0. The Kier molecular flexibility index (Phi) is 6.38. The fourth-order valence-electron chi connectivity index (χ4n) is 3.83. The third-order valence-electron chi connectivity index (χ3n) is 5.46. The highest BCUT2D eigenvalue weighted by Gasteiger charge is 2.29. The molecule has 35 heavy (non-hydrogen) atoms. The van der Waals surface area contributed by atoms with Crippen LogP contribution in [0, 0.1) is 13.8 Å². The van der Waals surface area contributed by atoms with Gasteiger partial charge in [0.15, 0.2) is 11.2 Å². The smallest absolute Gasteiger partial charge is 0.344 e. The highest BCUT2D eigenvalue weighted by atomic mass is 16.5. The lowest BCUT2D eigenvalue weighted by atomic mass is 10.1. The molecule has 4 rings (SSSR count). The standard InChI is InChI=1S/C27H23NO7/c1-5-33-27(32)24-23(15(3)29)16(4)34-26(24)28-25(31)18-9-7-17(8-10-18)22-13-20(30)19-12-14(2)6-11-21(19)35-22/h6-13H,5H2,1-4H3,(H,28,31). The summed E-state index contributed by atoms with van der Waals surface area (Å²) >= 11 is 0. The number of aryl methyl sites for hydroxylation is 2. The molecule has 178 valence electrons. The fourth-order valence-corrected chi connectivity index (χ4v) is 3.83. The normalized spacial score (nSPS) is 10.9. The Morgan fingerprint density at radius 3 is 2.31 bits per heavy atom. The number of hydrogen-bond acceptors (Lipinski definition) is 7. The van der Waals surface area contributed by atoms with Gasteiger partial charge in [0, 0.05) is 17.2 Å². The molecule has 0 aliphatic carbocycles. The maximum absolute atomic E-state index is 12.9. The number of ether oxygens (including phenoxy) is 1. The van der Waals surface area contributed by atoms with Crippen LogP contribution in [0.1, 0.15) is 56.2 Å². The number of anilines is 1. The zero-order valence-corrected chi connectivity index (χ0v) is 19.7. The van der Waals surface area contributed by atoms with Gasteiger partial charge in [-0.15, -0.1) is 0 Å². The number of ketones is 1. The molecule has 2 heterocycles. The topological polar surface area (TPSA) is 116 Å². The molecule has 8 nitrogen and oxygen atoms in total. The number of furan rings is 1. The molecule has 0 saturated heterocycles. The molecular formula is C27H23NO7. The number of carbonyl (C=O) groups excluding carboxylic acids is 3. The quantitative estimate of drug-likeness (QED) is 0.298. The molecule has 0 unspecified atom stereocenters. The van der Waals surface area contributed by atoms with Gasteiger partial charge in [0.25, 0.3) is 5.91 Å². The van der Waals surface area contributed by atoms with Crippen molar-refractivity contribution in [3.63, 3.8) is 0 Å². The van der Waals surface area contributed by atoms with Gasteiger partial charge >= 0.3 is 5.97 Å². The summed E-state index contributed by atoms with van der Waals surface area (Å²) in [5, 5.41) is 3.05. The van der Waals surface area contributed by atoms with E-state index in [-0.39, 0.29) is 46.2 Å². The van der Waals surface area contributed by atoms with E-state index in [1.165, 1.54) is 19.9 Å². The summed E-state index contributed by atoms with van der Waals surface area (Å²) in [5.41, 5.74) is 2.10. The van der Waals surface area contributed by atoms with E-state index in [1.807, 2.05) is 13.0 Å². The van der Waals surface area contributed by atoms with Crippen molar-refractivity contribution in [1.82, 2.24) is 0 Å². The molecule has 0 aliphatic rings. The first-order chi connectivity index (χ1) is 16.7. The highest BCUT2D eigenvalue weighted by Crippen LogP contribution is 2.29. The largest absolute Gasteiger partial charge is 0.462 e. The van der Waals surface area contributed by atoms with E-state index < -0.39 is 11.9 Å². The molecule has 0 bridgehead atoms. The van der Waals surface area contributed by atoms with Gasteiger partial charge in [-0.1, -0.05) is 23.8 Å². The molecule has 1 N–H and O–H groups in total. The summed E-state index contributed by atoms with van der Waals surface area (Å²) in [6.07, 6.45) is 0. The van der Waals surface area contributed by atoms with Crippen molar-refractivity contribution in [2.75, 3.05) is 11.9 Å². The zero-order valence-electron chi connectivity index (χ0n) is 19.7. The Hall–Kier alpha value is -4.46. The fraction of sp³-hybridized carbons (Fsp3) is 0.185. The molecule has 0 spiro atoms. The second-order valence-corrected chi connectivity index (χ2v) is 8.02. The van der Waals surface area contributed by atoms with Crippen LogP contribution in [-0.4, -0.2) is 24.3 Å². The van der Waals surface area contributed by atoms with Gasteiger partial charge in [0.2, 0.25) is 5.88 Å². The van der Waals surface area contributed by atoms with Crippen molar-refractivity contribution < 1.29 is 28.0 Å². The number of Topliss-reactive ketones (excluding diaryl/α,β-unsaturated/α-hetero) is 1. The predicted molar refractivity (Wildman–Crippen MR) is 130 cm³/mol. The summed E-state index contributed by atoms with van der Waals surface area (Å²) in [6.45, 7) is 6.47. The molecule has 2 aromatic heterocycles. The van der Waals surface area contributed by atoms with Crippen molar-refractivity contribution >= 4 is 34.5 Å². The maximum atomic E-state index is 12.9. The van der Waals surface area contributed by atoms with Crippen LogP contribution in [0.5, 0.6) is 0 Å². The lowest BCUT2D eigenvalue weighted by Gasteiger charge is -2.07. The summed E-state index contributed by atoms with van der Waals surface area (Å²) in [4.78, 5) is 49.9. The van der Waals surface area contributed by atoms with E-state index in [9.17, 15) is 19.2 Å². The number of hydrogen-bond donors (Lipinski definition) is 1. The average molecular weight is 473 g/mol. The molecule has 0 atom stereocenters. The van der Waals surface area contributed by atoms with Gasteiger partial charge in [-0.3, -0.25) is 19.7 Å². The van der Waals surface area contributed by atoms with Crippen LogP contribution in [0.15, 0.2) is 62.2 Å². The second kappa shape index (κ2) is 9.42. The number of rotatable bonds is 6. The zero-order chi connectivity index (χ0) is 25.3. The second-order valence-electron chi connectivity index (χ2n) is 8.02. The van der Waals surface area contributed by atoms with Crippen LogP contribution in [-0.2, 0) is 4.74 Å². The predicted octanol–water partition coefficient (Wildman–Crippen LogP) is 5.30. The molecule has 4 aromatic rings. The Labute approximate surface area is 200 Å². The van der Waals surface area contributed by atoms with Crippen molar-refractivity contribution in [2.24, 2.45) is 0 Å². The van der Waals surface area contributed by atoms with E-state index in [2.05, 4.69) is 5.32 Å². The van der Waals surface area contributed by atoms with Crippen LogP contribution < -0.4 is 10.7 Å². The minimum atomic E-state index is -0.762. The average Bonchev–Trinajstić information content (AvgIpc) is 3.15. The van der Waals surface area contributed by atoms with Crippen LogP contribution >= 0.6 is 0 Å². The maximum Gasteiger partial charge on any atom is 0.344 e. The highest BCUT2D eigenvalue weighted by molar-refractivity contribution is 6.12. The summed E-state index contributed by atoms with van der Waals surface area (Å²) < 4.78 is 16.4. The van der Waals surface area contributed by atoms with Crippen LogP contribution in [0.2, 0.25) is 0 Å². The van der Waals surface area contributed by atoms with Crippen molar-refractivity contribution in [3.05, 3.63) is 86.8 Å². The Morgan fingerprint density at radius 2 is 1.66 bits per heavy atom. The van der Waals surface area contributed by atoms with E-state index in [4.69, 9.17) is 13.6 Å². The minimum absolute atomic E-state index is 0.0654. The lowest BCUT2D eigenvalue weighted by molar-refractivity contribution is 0.0524. The van der Waals surface area contributed by atoms with E-state index >= 15 is 0 Å². The lowest BCUT2D eigenvalue weighted by Crippen LogP contribution is -2.16. The number of amides is 1. The number of fused-ring (bicyclic) bond motifs is 1. The van der Waals surface area contributed by atoms with E-state index in [0.717, 1.165) is 5.56 Å². The van der Waals surface area contributed by atoms with Gasteiger partial charge in [0.1, 0.15) is 22.7 Å². The van der Waals surface area contributed by atoms with Crippen LogP contribution in [0.4, 0.5) is 5.88 Å². The molecule has 0 radical (unpaired) electrons. The molecule has 0 fully saturated rings. The number of benzene rings is 2. The van der Waals surface area contributed by atoms with E-state index in [0.29, 0.717) is 22.3 Å². The van der Waals surface area contributed by atoms with Gasteiger partial charge in [0.05, 0.1) is 17.6 Å². The number of esters is 1. The van der Waals surface area contributed by atoms with Crippen molar-refractivity contribution in [1.29, 1.82) is 0 Å². The SMILES string of the molecule is CCOC(=O)c1c(NC(=O)c2ccc(-c3cc(=O)c4cc(C)ccc4o3)cc2)oc(C)c1C(C)=O. The van der Waals surface area contributed by atoms with E-state index in [1.54, 1.807) is 43.3 Å². The Balaban J connectivity index is 1.62. The molecule has 1 amide bonds. The first-order valence-electron chi connectivity index (χ1n) is 11.0. The van der Waals surface area contributed by atoms with Gasteiger partial charge < -0.3 is 13.6 Å². The number of carbonyl (C=O) groups is 3. The number of nitrogens with one attached hydrogen (secondary N) is 1. The molecular weight excluding hydrogens is 450 g/mol. The summed E-state index contributed by atoms with van der Waals surface area (Å²) in [5.74, 6) is -1.28.